The van der Waals surface area contributed by atoms with Crippen LogP contribution in [0, 0.1) is 5.92 Å². The number of hydrogen-bond acceptors (Lipinski definition) is 2. The minimum Gasteiger partial charge on any atom is -0.314 e. The largest absolute Gasteiger partial charge is 0.314 e. The number of halogens is 2. The van der Waals surface area contributed by atoms with Gasteiger partial charge in [-0.15, -0.1) is 0 Å². The van der Waals surface area contributed by atoms with Gasteiger partial charge in [0.1, 0.15) is 0 Å². The fourth-order valence-corrected chi connectivity index (χ4v) is 2.69. The van der Waals surface area contributed by atoms with E-state index in [2.05, 4.69) is 10.2 Å². The Hall–Kier alpha value is -0.220. The van der Waals surface area contributed by atoms with Crippen molar-refractivity contribution in [2.75, 3.05) is 32.7 Å². The quantitative estimate of drug-likeness (QED) is 0.801. The summed E-state index contributed by atoms with van der Waals surface area (Å²) >= 11 is 0. The summed E-state index contributed by atoms with van der Waals surface area (Å²) in [6.45, 7) is 5.47. The number of nitrogens with one attached hydrogen (secondary N) is 1. The second-order valence-corrected chi connectivity index (χ2v) is 5.18. The Morgan fingerprint density at radius 2 is 1.75 bits per heavy atom. The smallest absolute Gasteiger partial charge is 0.248 e. The molecule has 2 rings (SSSR count). The van der Waals surface area contributed by atoms with Crippen molar-refractivity contribution in [3.63, 3.8) is 0 Å². The molecular weight excluding hydrogens is 210 g/mol. The maximum Gasteiger partial charge on any atom is 0.248 e. The molecular formula is C12H22F2N2. The number of alkyl halides is 2. The van der Waals surface area contributed by atoms with E-state index in [1.165, 1.54) is 0 Å². The van der Waals surface area contributed by atoms with Gasteiger partial charge in [0.15, 0.2) is 0 Å². The Morgan fingerprint density at radius 1 is 1.12 bits per heavy atom. The van der Waals surface area contributed by atoms with Crippen molar-refractivity contribution < 1.29 is 8.78 Å². The highest BCUT2D eigenvalue weighted by Crippen LogP contribution is 2.37. The van der Waals surface area contributed by atoms with Crippen LogP contribution in [0.15, 0.2) is 0 Å². The first-order valence-electron chi connectivity index (χ1n) is 6.47. The molecule has 0 radical (unpaired) electrons. The van der Waals surface area contributed by atoms with E-state index in [4.69, 9.17) is 0 Å². The fourth-order valence-electron chi connectivity index (χ4n) is 2.69. The Balaban J connectivity index is 1.63. The summed E-state index contributed by atoms with van der Waals surface area (Å²) in [5, 5.41) is 3.32. The van der Waals surface area contributed by atoms with Crippen LogP contribution in [0.5, 0.6) is 0 Å². The van der Waals surface area contributed by atoms with E-state index in [0.717, 1.165) is 52.0 Å². The molecule has 0 amide bonds. The molecule has 2 aliphatic rings. The molecule has 0 bridgehead atoms. The van der Waals surface area contributed by atoms with Gasteiger partial charge < -0.3 is 10.2 Å². The van der Waals surface area contributed by atoms with Gasteiger partial charge in [-0.25, -0.2) is 8.78 Å². The first-order valence-corrected chi connectivity index (χ1v) is 6.47. The predicted molar refractivity (Wildman–Crippen MR) is 60.8 cm³/mol. The second-order valence-electron chi connectivity index (χ2n) is 5.18. The minimum atomic E-state index is -2.37. The molecule has 0 aromatic carbocycles. The van der Waals surface area contributed by atoms with E-state index in [0.29, 0.717) is 5.92 Å². The molecule has 2 nitrogen and oxygen atoms in total. The molecule has 4 heteroatoms. The molecule has 0 atom stereocenters. The first kappa shape index (κ1) is 12.2. The lowest BCUT2D eigenvalue weighted by Crippen LogP contribution is -2.44. The molecule has 0 aromatic heterocycles. The van der Waals surface area contributed by atoms with Crippen molar-refractivity contribution >= 4 is 0 Å². The SMILES string of the molecule is FC1(F)CCC(CCN2CCNCC2)CC1. The van der Waals surface area contributed by atoms with Gasteiger partial charge in [0.05, 0.1) is 0 Å². The van der Waals surface area contributed by atoms with Crippen molar-refractivity contribution in [3.8, 4) is 0 Å². The van der Waals surface area contributed by atoms with E-state index < -0.39 is 5.92 Å². The first-order chi connectivity index (χ1) is 7.66. The van der Waals surface area contributed by atoms with Crippen LogP contribution in [-0.4, -0.2) is 43.5 Å². The summed E-state index contributed by atoms with van der Waals surface area (Å²) in [6, 6.07) is 0. The highest BCUT2D eigenvalue weighted by molar-refractivity contribution is 4.78. The molecule has 1 saturated heterocycles. The third kappa shape index (κ3) is 3.67. The van der Waals surface area contributed by atoms with Gasteiger partial charge in [-0.1, -0.05) is 0 Å². The van der Waals surface area contributed by atoms with Crippen molar-refractivity contribution in [2.24, 2.45) is 5.92 Å². The van der Waals surface area contributed by atoms with Crippen LogP contribution in [0.1, 0.15) is 32.1 Å². The monoisotopic (exact) mass is 232 g/mol. The van der Waals surface area contributed by atoms with Gasteiger partial charge in [-0.2, -0.15) is 0 Å². The molecule has 2 fully saturated rings. The maximum absolute atomic E-state index is 13.0. The van der Waals surface area contributed by atoms with E-state index in [-0.39, 0.29) is 12.8 Å². The van der Waals surface area contributed by atoms with Gasteiger partial charge >= 0.3 is 0 Å². The highest BCUT2D eigenvalue weighted by atomic mass is 19.3. The average Bonchev–Trinajstić information content (AvgIpc) is 2.29. The lowest BCUT2D eigenvalue weighted by Gasteiger charge is -2.32. The lowest BCUT2D eigenvalue weighted by molar-refractivity contribution is -0.0472. The Kier molecular flexibility index (Phi) is 4.14. The Labute approximate surface area is 96.4 Å². The van der Waals surface area contributed by atoms with Crippen molar-refractivity contribution in [1.82, 2.24) is 10.2 Å². The minimum absolute atomic E-state index is 0.110. The standard InChI is InChI=1S/C12H22F2N2/c13-12(14)4-1-11(2-5-12)3-8-16-9-6-15-7-10-16/h11,15H,1-10H2. The molecule has 1 aliphatic carbocycles. The third-order valence-corrected chi connectivity index (χ3v) is 3.90. The number of piperazine rings is 1. The van der Waals surface area contributed by atoms with Gasteiger partial charge in [-0.3, -0.25) is 0 Å². The second kappa shape index (κ2) is 5.41. The van der Waals surface area contributed by atoms with Crippen LogP contribution in [0.3, 0.4) is 0 Å². The lowest BCUT2D eigenvalue weighted by atomic mass is 9.84. The predicted octanol–water partition coefficient (Wildman–Crippen LogP) is 2.11. The van der Waals surface area contributed by atoms with Gasteiger partial charge in [0.2, 0.25) is 5.92 Å². The summed E-state index contributed by atoms with van der Waals surface area (Å²) in [5.74, 6) is -1.83. The molecule has 16 heavy (non-hydrogen) atoms. The average molecular weight is 232 g/mol. The van der Waals surface area contributed by atoms with Crippen LogP contribution >= 0.6 is 0 Å². The van der Waals surface area contributed by atoms with E-state index >= 15 is 0 Å². The summed E-state index contributed by atoms with van der Waals surface area (Å²) in [6.07, 6.45) is 2.77. The van der Waals surface area contributed by atoms with Gasteiger partial charge in [0.25, 0.3) is 0 Å². The molecule has 1 aliphatic heterocycles. The van der Waals surface area contributed by atoms with Gasteiger partial charge in [0, 0.05) is 39.0 Å². The van der Waals surface area contributed by atoms with E-state index in [1.807, 2.05) is 0 Å². The van der Waals surface area contributed by atoms with Crippen molar-refractivity contribution in [2.45, 2.75) is 38.0 Å². The summed E-state index contributed by atoms with van der Waals surface area (Å²) < 4.78 is 25.9. The highest BCUT2D eigenvalue weighted by Gasteiger charge is 2.34. The number of hydrogen-bond donors (Lipinski definition) is 1. The van der Waals surface area contributed by atoms with Crippen molar-refractivity contribution in [1.29, 1.82) is 0 Å². The van der Waals surface area contributed by atoms with E-state index in [9.17, 15) is 8.78 Å². The van der Waals surface area contributed by atoms with E-state index in [1.54, 1.807) is 0 Å². The molecule has 1 heterocycles. The van der Waals surface area contributed by atoms with Gasteiger partial charge in [-0.05, 0) is 31.7 Å². The Morgan fingerprint density at radius 3 is 2.38 bits per heavy atom. The maximum atomic E-state index is 13.0. The van der Waals surface area contributed by atoms with Crippen LogP contribution in [0.4, 0.5) is 8.78 Å². The Bertz CT molecular complexity index is 205. The number of nitrogens with zero attached hydrogens (tertiary/aromatic N) is 1. The topological polar surface area (TPSA) is 15.3 Å². The zero-order valence-corrected chi connectivity index (χ0v) is 9.85. The van der Waals surface area contributed by atoms with Crippen LogP contribution in [0.2, 0.25) is 0 Å². The van der Waals surface area contributed by atoms with Crippen LogP contribution in [-0.2, 0) is 0 Å². The zero-order chi connectivity index (χ0) is 11.4. The van der Waals surface area contributed by atoms with Crippen LogP contribution < -0.4 is 5.32 Å². The molecule has 1 N–H and O–H groups in total. The van der Waals surface area contributed by atoms with Crippen LogP contribution in [0.25, 0.3) is 0 Å². The normalized spacial score (nSPS) is 28.1. The molecule has 94 valence electrons. The molecule has 0 spiro atoms. The molecule has 0 aromatic rings. The fraction of sp³-hybridized carbons (Fsp3) is 1.00. The summed E-state index contributed by atoms with van der Waals surface area (Å²) in [4.78, 5) is 2.45. The summed E-state index contributed by atoms with van der Waals surface area (Å²) in [5.41, 5.74) is 0. The van der Waals surface area contributed by atoms with Crippen molar-refractivity contribution in [3.05, 3.63) is 0 Å². The third-order valence-electron chi connectivity index (χ3n) is 3.90. The number of rotatable bonds is 3. The summed E-state index contributed by atoms with van der Waals surface area (Å²) in [7, 11) is 0. The molecule has 1 saturated carbocycles. The molecule has 0 unspecified atom stereocenters. The zero-order valence-electron chi connectivity index (χ0n) is 9.85.